The van der Waals surface area contributed by atoms with Crippen molar-refractivity contribution in [3.63, 3.8) is 0 Å². The van der Waals surface area contributed by atoms with Crippen molar-refractivity contribution in [1.29, 1.82) is 0 Å². The summed E-state index contributed by atoms with van der Waals surface area (Å²) < 4.78 is 1.05. The topological polar surface area (TPSA) is 38.9 Å². The minimum Gasteiger partial charge on any atom is -0.399 e. The van der Waals surface area contributed by atoms with Gasteiger partial charge in [-0.05, 0) is 34.1 Å². The van der Waals surface area contributed by atoms with Crippen molar-refractivity contribution in [2.75, 3.05) is 5.73 Å². The van der Waals surface area contributed by atoms with Crippen LogP contribution >= 0.6 is 39.0 Å². The summed E-state index contributed by atoms with van der Waals surface area (Å²) in [5, 5.41) is 0. The molecule has 0 aliphatic heterocycles. The van der Waals surface area contributed by atoms with Crippen LogP contribution in [0.25, 0.3) is 0 Å². The minimum atomic E-state index is 0.781. The number of hydrogen-bond acceptors (Lipinski definition) is 4. The highest BCUT2D eigenvalue weighted by Gasteiger charge is 2.02. The summed E-state index contributed by atoms with van der Waals surface area (Å²) in [6, 6.07) is 5.87. The van der Waals surface area contributed by atoms with Gasteiger partial charge in [-0.15, -0.1) is 23.1 Å². The largest absolute Gasteiger partial charge is 0.399 e. The first-order valence-corrected chi connectivity index (χ1v) is 6.97. The molecule has 0 aliphatic rings. The fraction of sp³-hybridized carbons (Fsp3) is 0.100. The first kappa shape index (κ1) is 11.0. The number of thioether (sulfide) groups is 1. The van der Waals surface area contributed by atoms with Gasteiger partial charge in [0.1, 0.15) is 0 Å². The quantitative estimate of drug-likeness (QED) is 0.692. The van der Waals surface area contributed by atoms with E-state index in [1.165, 1.54) is 9.77 Å². The Bertz CT molecular complexity index is 443. The van der Waals surface area contributed by atoms with Crippen LogP contribution in [0, 0.1) is 0 Å². The molecule has 5 heteroatoms. The van der Waals surface area contributed by atoms with Crippen molar-refractivity contribution in [1.82, 2.24) is 4.98 Å². The van der Waals surface area contributed by atoms with Crippen molar-refractivity contribution >= 4 is 44.7 Å². The van der Waals surface area contributed by atoms with Gasteiger partial charge in [0, 0.05) is 31.9 Å². The Morgan fingerprint density at radius 1 is 1.47 bits per heavy atom. The number of thiazole rings is 1. The molecule has 2 aromatic rings. The Hall–Kier alpha value is -0.520. The average Bonchev–Trinajstić information content (AvgIpc) is 2.69. The van der Waals surface area contributed by atoms with E-state index in [0.29, 0.717) is 0 Å². The molecule has 2 rings (SSSR count). The second kappa shape index (κ2) is 5.01. The molecule has 1 aromatic carbocycles. The normalized spacial score (nSPS) is 10.5. The fourth-order valence-corrected chi connectivity index (χ4v) is 3.40. The van der Waals surface area contributed by atoms with Crippen molar-refractivity contribution in [2.45, 2.75) is 10.6 Å². The number of nitrogen functional groups attached to an aromatic ring is 1. The van der Waals surface area contributed by atoms with E-state index in [9.17, 15) is 0 Å². The van der Waals surface area contributed by atoms with Crippen LogP contribution < -0.4 is 5.73 Å². The highest BCUT2D eigenvalue weighted by atomic mass is 79.9. The molecule has 0 saturated heterocycles. The number of halogens is 1. The van der Waals surface area contributed by atoms with E-state index < -0.39 is 0 Å². The van der Waals surface area contributed by atoms with E-state index in [1.54, 1.807) is 23.1 Å². The van der Waals surface area contributed by atoms with Crippen LogP contribution in [0.4, 0.5) is 5.69 Å². The molecule has 15 heavy (non-hydrogen) atoms. The number of aromatic nitrogens is 1. The average molecular weight is 301 g/mol. The van der Waals surface area contributed by atoms with Crippen LogP contribution in [0.15, 0.2) is 39.3 Å². The van der Waals surface area contributed by atoms with Gasteiger partial charge < -0.3 is 5.73 Å². The molecule has 0 spiro atoms. The minimum absolute atomic E-state index is 0.781. The summed E-state index contributed by atoms with van der Waals surface area (Å²) in [5.74, 6) is 0.952. The second-order valence-corrected chi connectivity index (χ2v) is 5.79. The third kappa shape index (κ3) is 2.96. The summed E-state index contributed by atoms with van der Waals surface area (Å²) >= 11 is 6.96. The molecule has 1 heterocycles. The second-order valence-electron chi connectivity index (χ2n) is 2.95. The van der Waals surface area contributed by atoms with Gasteiger partial charge in [-0.3, -0.25) is 4.98 Å². The Balaban J connectivity index is 2.05. The molecule has 0 radical (unpaired) electrons. The van der Waals surface area contributed by atoms with Gasteiger partial charge >= 0.3 is 0 Å². The predicted molar refractivity (Wildman–Crippen MR) is 70.2 cm³/mol. The molecule has 78 valence electrons. The zero-order valence-electron chi connectivity index (χ0n) is 7.81. The summed E-state index contributed by atoms with van der Waals surface area (Å²) in [6.07, 6.45) is 1.91. The molecule has 0 atom stereocenters. The molecule has 0 aliphatic carbocycles. The molecule has 2 N–H and O–H groups in total. The fourth-order valence-electron chi connectivity index (χ4n) is 1.10. The van der Waals surface area contributed by atoms with Crippen molar-refractivity contribution < 1.29 is 0 Å². The molecular formula is C10H9BrN2S2. The number of rotatable bonds is 3. The molecule has 1 aromatic heterocycles. The highest BCUT2D eigenvalue weighted by Crippen LogP contribution is 2.31. The van der Waals surface area contributed by atoms with Gasteiger partial charge in [-0.1, -0.05) is 0 Å². The number of hydrogen-bond donors (Lipinski definition) is 1. The highest BCUT2D eigenvalue weighted by molar-refractivity contribution is 9.10. The smallest absolute Gasteiger partial charge is 0.0794 e. The summed E-state index contributed by atoms with van der Waals surface area (Å²) in [6.45, 7) is 0. The first-order chi connectivity index (χ1) is 7.25. The van der Waals surface area contributed by atoms with Crippen LogP contribution in [-0.4, -0.2) is 4.98 Å². The van der Waals surface area contributed by atoms with Gasteiger partial charge in [0.05, 0.1) is 5.51 Å². The molecule has 0 saturated carbocycles. The van der Waals surface area contributed by atoms with E-state index in [2.05, 4.69) is 20.9 Å². The van der Waals surface area contributed by atoms with Crippen LogP contribution in [0.3, 0.4) is 0 Å². The van der Waals surface area contributed by atoms with Crippen LogP contribution in [0.5, 0.6) is 0 Å². The molecule has 0 unspecified atom stereocenters. The van der Waals surface area contributed by atoms with Gasteiger partial charge in [0.15, 0.2) is 0 Å². The lowest BCUT2D eigenvalue weighted by Gasteiger charge is -2.03. The Morgan fingerprint density at radius 3 is 3.00 bits per heavy atom. The lowest BCUT2D eigenvalue weighted by molar-refractivity contribution is 1.35. The number of benzene rings is 1. The lowest BCUT2D eigenvalue weighted by Crippen LogP contribution is -1.85. The molecule has 0 fully saturated rings. The maximum atomic E-state index is 5.67. The maximum Gasteiger partial charge on any atom is 0.0794 e. The summed E-state index contributed by atoms with van der Waals surface area (Å²) in [4.78, 5) is 6.53. The lowest BCUT2D eigenvalue weighted by atomic mass is 10.3. The molecule has 2 nitrogen and oxygen atoms in total. The van der Waals surface area contributed by atoms with Gasteiger partial charge in [-0.25, -0.2) is 0 Å². The Kier molecular flexibility index (Phi) is 3.66. The van der Waals surface area contributed by atoms with E-state index >= 15 is 0 Å². The summed E-state index contributed by atoms with van der Waals surface area (Å²) in [5.41, 5.74) is 8.31. The number of nitrogens with two attached hydrogens (primary N) is 1. The van der Waals surface area contributed by atoms with Crippen molar-refractivity contribution in [3.8, 4) is 0 Å². The predicted octanol–water partition coefficient (Wildman–Crippen LogP) is 3.78. The zero-order valence-corrected chi connectivity index (χ0v) is 11.0. The third-order valence-electron chi connectivity index (χ3n) is 1.81. The van der Waals surface area contributed by atoms with Gasteiger partial charge in [0.25, 0.3) is 0 Å². The third-order valence-corrected chi connectivity index (χ3v) is 4.81. The van der Waals surface area contributed by atoms with E-state index in [1.807, 2.05) is 29.9 Å². The maximum absolute atomic E-state index is 5.67. The number of anilines is 1. The molecular weight excluding hydrogens is 292 g/mol. The van der Waals surface area contributed by atoms with Crippen LogP contribution in [0.1, 0.15) is 4.88 Å². The van der Waals surface area contributed by atoms with Crippen molar-refractivity contribution in [3.05, 3.63) is 39.3 Å². The van der Waals surface area contributed by atoms with Gasteiger partial charge in [-0.2, -0.15) is 0 Å². The summed E-state index contributed by atoms with van der Waals surface area (Å²) in [7, 11) is 0. The van der Waals surface area contributed by atoms with E-state index in [4.69, 9.17) is 5.73 Å². The first-order valence-electron chi connectivity index (χ1n) is 4.31. The van der Waals surface area contributed by atoms with Crippen LogP contribution in [0.2, 0.25) is 0 Å². The molecule has 0 amide bonds. The Morgan fingerprint density at radius 2 is 2.33 bits per heavy atom. The monoisotopic (exact) mass is 300 g/mol. The van der Waals surface area contributed by atoms with Gasteiger partial charge in [0.2, 0.25) is 0 Å². The molecule has 0 bridgehead atoms. The van der Waals surface area contributed by atoms with Crippen molar-refractivity contribution in [2.24, 2.45) is 0 Å². The standard InChI is InChI=1S/C10H9BrN2S2/c11-9-3-7(12)1-2-10(9)14-5-8-4-13-6-15-8/h1-4,6H,5,12H2. The van der Waals surface area contributed by atoms with Crippen LogP contribution in [-0.2, 0) is 5.75 Å². The SMILES string of the molecule is Nc1ccc(SCc2cncs2)c(Br)c1. The number of nitrogens with zero attached hydrogens (tertiary/aromatic N) is 1. The van der Waals surface area contributed by atoms with E-state index in [0.717, 1.165) is 15.9 Å². The zero-order chi connectivity index (χ0) is 10.7. The van der Waals surface area contributed by atoms with E-state index in [-0.39, 0.29) is 0 Å². The Labute approximate surface area is 105 Å².